The Morgan fingerprint density at radius 2 is 1.68 bits per heavy atom. The van der Waals surface area contributed by atoms with Gasteiger partial charge in [0.05, 0.1) is 19.6 Å². The molecule has 2 aromatic carbocycles. The molecule has 0 spiro atoms. The lowest BCUT2D eigenvalue weighted by Crippen LogP contribution is -2.40. The number of benzene rings is 2. The first-order valence-electron chi connectivity index (χ1n) is 8.19. The van der Waals surface area contributed by atoms with Crippen LogP contribution in [-0.2, 0) is 14.3 Å². The first-order chi connectivity index (χ1) is 12.1. The van der Waals surface area contributed by atoms with E-state index in [4.69, 9.17) is 9.47 Å². The Morgan fingerprint density at radius 1 is 1.04 bits per heavy atom. The van der Waals surface area contributed by atoms with Gasteiger partial charge < -0.3 is 14.8 Å². The Balaban J connectivity index is 2.35. The minimum atomic E-state index is -0.812. The lowest BCUT2D eigenvalue weighted by atomic mass is 9.88. The summed E-state index contributed by atoms with van der Waals surface area (Å²) in [5.41, 5.74) is 1.48. The Labute approximate surface area is 148 Å². The van der Waals surface area contributed by atoms with Gasteiger partial charge >= 0.3 is 5.97 Å². The highest BCUT2D eigenvalue weighted by Crippen LogP contribution is 2.26. The van der Waals surface area contributed by atoms with E-state index in [1.54, 1.807) is 38.3 Å². The van der Waals surface area contributed by atoms with E-state index >= 15 is 0 Å². The zero-order valence-electron chi connectivity index (χ0n) is 14.7. The lowest BCUT2D eigenvalue weighted by molar-refractivity contribution is -0.145. The van der Waals surface area contributed by atoms with Gasteiger partial charge in [-0.15, -0.1) is 0 Å². The van der Waals surface area contributed by atoms with Crippen molar-refractivity contribution in [2.45, 2.75) is 25.8 Å². The highest BCUT2D eigenvalue weighted by molar-refractivity contribution is 5.93. The molecule has 5 heteroatoms. The van der Waals surface area contributed by atoms with Crippen molar-refractivity contribution in [2.24, 2.45) is 0 Å². The third-order valence-corrected chi connectivity index (χ3v) is 3.88. The fraction of sp³-hybridized carbons (Fsp3) is 0.300. The van der Waals surface area contributed by atoms with Crippen LogP contribution in [-0.4, -0.2) is 31.5 Å². The molecule has 0 saturated carbocycles. The molecule has 0 amide bonds. The Kier molecular flexibility index (Phi) is 6.57. The van der Waals surface area contributed by atoms with Gasteiger partial charge in [-0.1, -0.05) is 30.3 Å². The molecule has 0 aromatic heterocycles. The maximum absolute atomic E-state index is 12.5. The largest absolute Gasteiger partial charge is 0.497 e. The lowest BCUT2D eigenvalue weighted by Gasteiger charge is -2.26. The number of esters is 1. The SMILES string of the molecule is CCOC(=O)[C@@H](Nc1ccc(OC)cc1)[C@@H](C(C)=O)c1ccccc1. The Bertz CT molecular complexity index is 697. The summed E-state index contributed by atoms with van der Waals surface area (Å²) in [5.74, 6) is -0.487. The summed E-state index contributed by atoms with van der Waals surface area (Å²) in [6, 6.07) is 15.6. The fourth-order valence-electron chi connectivity index (χ4n) is 2.70. The Hall–Kier alpha value is -2.82. The van der Waals surface area contributed by atoms with Crippen molar-refractivity contribution in [3.05, 3.63) is 60.2 Å². The third-order valence-electron chi connectivity index (χ3n) is 3.88. The van der Waals surface area contributed by atoms with Crippen molar-refractivity contribution in [2.75, 3.05) is 19.0 Å². The molecule has 0 heterocycles. The first-order valence-corrected chi connectivity index (χ1v) is 8.19. The van der Waals surface area contributed by atoms with E-state index in [0.717, 1.165) is 5.56 Å². The van der Waals surface area contributed by atoms with Gasteiger partial charge in [0.15, 0.2) is 0 Å². The monoisotopic (exact) mass is 341 g/mol. The smallest absolute Gasteiger partial charge is 0.329 e. The van der Waals surface area contributed by atoms with Crippen molar-refractivity contribution in [1.29, 1.82) is 0 Å². The van der Waals surface area contributed by atoms with Crippen LogP contribution in [0.3, 0.4) is 0 Å². The van der Waals surface area contributed by atoms with E-state index < -0.39 is 17.9 Å². The molecular formula is C20H23NO4. The molecule has 132 valence electrons. The fourth-order valence-corrected chi connectivity index (χ4v) is 2.70. The van der Waals surface area contributed by atoms with E-state index in [9.17, 15) is 9.59 Å². The second-order valence-electron chi connectivity index (χ2n) is 5.60. The highest BCUT2D eigenvalue weighted by Gasteiger charge is 2.34. The Morgan fingerprint density at radius 3 is 2.20 bits per heavy atom. The number of hydrogen-bond donors (Lipinski definition) is 1. The number of carbonyl (C=O) groups excluding carboxylic acids is 2. The summed E-state index contributed by atoms with van der Waals surface area (Å²) in [5, 5.41) is 3.14. The van der Waals surface area contributed by atoms with Gasteiger partial charge in [0.2, 0.25) is 0 Å². The molecular weight excluding hydrogens is 318 g/mol. The molecule has 2 aromatic rings. The number of nitrogens with one attached hydrogen (secondary N) is 1. The number of rotatable bonds is 8. The number of methoxy groups -OCH3 is 1. The van der Waals surface area contributed by atoms with Crippen LogP contribution in [0.25, 0.3) is 0 Å². The zero-order valence-corrected chi connectivity index (χ0v) is 14.7. The van der Waals surface area contributed by atoms with Crippen molar-refractivity contribution >= 4 is 17.4 Å². The van der Waals surface area contributed by atoms with Crippen LogP contribution in [0.15, 0.2) is 54.6 Å². The average molecular weight is 341 g/mol. The first kappa shape index (κ1) is 18.5. The van der Waals surface area contributed by atoms with Gasteiger partial charge in [-0.25, -0.2) is 4.79 Å². The van der Waals surface area contributed by atoms with E-state index in [-0.39, 0.29) is 12.4 Å². The third kappa shape index (κ3) is 4.83. The molecule has 25 heavy (non-hydrogen) atoms. The normalized spacial score (nSPS) is 12.8. The number of ether oxygens (including phenoxy) is 2. The number of ketones is 1. The minimum Gasteiger partial charge on any atom is -0.497 e. The van der Waals surface area contributed by atoms with E-state index in [1.807, 2.05) is 30.3 Å². The van der Waals surface area contributed by atoms with Crippen molar-refractivity contribution in [3.63, 3.8) is 0 Å². The molecule has 0 unspecified atom stereocenters. The summed E-state index contributed by atoms with van der Waals surface area (Å²) in [6.07, 6.45) is 0. The predicted octanol–water partition coefficient (Wildman–Crippen LogP) is 3.41. The van der Waals surface area contributed by atoms with Crippen LogP contribution in [0, 0.1) is 0 Å². The van der Waals surface area contributed by atoms with Gasteiger partial charge in [0, 0.05) is 5.69 Å². The molecule has 2 atom stereocenters. The number of anilines is 1. The molecule has 0 bridgehead atoms. The van der Waals surface area contributed by atoms with E-state index in [2.05, 4.69) is 5.32 Å². The molecule has 2 rings (SSSR count). The average Bonchev–Trinajstić information content (AvgIpc) is 2.62. The number of Topliss-reactive ketones (excluding diaryl/α,β-unsaturated/α-hetero) is 1. The molecule has 0 aliphatic rings. The van der Waals surface area contributed by atoms with Gasteiger partial charge in [0.25, 0.3) is 0 Å². The summed E-state index contributed by atoms with van der Waals surface area (Å²) in [4.78, 5) is 24.8. The van der Waals surface area contributed by atoms with Crippen LogP contribution in [0.2, 0.25) is 0 Å². The summed E-state index contributed by atoms with van der Waals surface area (Å²) in [7, 11) is 1.59. The van der Waals surface area contributed by atoms with Crippen molar-refractivity contribution in [1.82, 2.24) is 0 Å². The van der Waals surface area contributed by atoms with Gasteiger partial charge in [-0.3, -0.25) is 4.79 Å². The van der Waals surface area contributed by atoms with Gasteiger partial charge in [-0.05, 0) is 43.7 Å². The van der Waals surface area contributed by atoms with Gasteiger partial charge in [-0.2, -0.15) is 0 Å². The summed E-state index contributed by atoms with van der Waals surface area (Å²) in [6.45, 7) is 3.48. The number of hydrogen-bond acceptors (Lipinski definition) is 5. The summed E-state index contributed by atoms with van der Waals surface area (Å²) >= 11 is 0. The predicted molar refractivity (Wildman–Crippen MR) is 96.9 cm³/mol. The van der Waals surface area contributed by atoms with Crippen LogP contribution in [0.1, 0.15) is 25.3 Å². The number of carbonyl (C=O) groups is 2. The molecule has 1 N–H and O–H groups in total. The highest BCUT2D eigenvalue weighted by atomic mass is 16.5. The quantitative estimate of drug-likeness (QED) is 0.746. The molecule has 0 radical (unpaired) electrons. The minimum absolute atomic E-state index is 0.106. The van der Waals surface area contributed by atoms with Gasteiger partial charge in [0.1, 0.15) is 17.6 Å². The van der Waals surface area contributed by atoms with Crippen LogP contribution in [0.4, 0.5) is 5.69 Å². The van der Waals surface area contributed by atoms with Crippen molar-refractivity contribution < 1.29 is 19.1 Å². The second kappa shape index (κ2) is 8.87. The molecule has 5 nitrogen and oxygen atoms in total. The maximum atomic E-state index is 12.5. The topological polar surface area (TPSA) is 64.6 Å². The van der Waals surface area contributed by atoms with E-state index in [1.165, 1.54) is 6.92 Å². The second-order valence-corrected chi connectivity index (χ2v) is 5.60. The molecule has 0 aliphatic carbocycles. The van der Waals surface area contributed by atoms with E-state index in [0.29, 0.717) is 11.4 Å². The van der Waals surface area contributed by atoms with Crippen LogP contribution in [0.5, 0.6) is 5.75 Å². The standard InChI is InChI=1S/C20H23NO4/c1-4-25-20(23)19(21-16-10-12-17(24-3)13-11-16)18(14(2)22)15-8-6-5-7-9-15/h5-13,18-19,21H,4H2,1-3H3/t18-,19-/m0/s1. The van der Waals surface area contributed by atoms with Crippen molar-refractivity contribution in [3.8, 4) is 5.75 Å². The van der Waals surface area contributed by atoms with Crippen LogP contribution >= 0.6 is 0 Å². The molecule has 0 fully saturated rings. The maximum Gasteiger partial charge on any atom is 0.329 e. The van der Waals surface area contributed by atoms with Crippen LogP contribution < -0.4 is 10.1 Å². The molecule has 0 aliphatic heterocycles. The zero-order chi connectivity index (χ0) is 18.2. The summed E-state index contributed by atoms with van der Waals surface area (Å²) < 4.78 is 10.3. The molecule has 0 saturated heterocycles.